The Morgan fingerprint density at radius 2 is 0.849 bits per heavy atom. The second-order valence-electron chi connectivity index (χ2n) is 20.0. The molecular weight excluding hydrogens is 1140 g/mol. The molecule has 0 aromatic carbocycles. The molecule has 33 heteroatoms. The topological polar surface area (TPSA) is 494 Å². The Morgan fingerprint density at radius 3 is 1.34 bits per heavy atom. The highest BCUT2D eigenvalue weighted by molar-refractivity contribution is 5.88. The van der Waals surface area contributed by atoms with Gasteiger partial charge in [0.2, 0.25) is 47.3 Å². The summed E-state index contributed by atoms with van der Waals surface area (Å²) in [7, 11) is 0. The molecule has 0 spiro atoms. The first kappa shape index (κ1) is 78.8. The number of primary amides is 2. The molecular formula is C53H93N11O22. The number of carbonyl (C=O) groups is 13. The lowest BCUT2D eigenvalue weighted by molar-refractivity contribution is -0.146. The fourth-order valence-electron chi connectivity index (χ4n) is 7.99. The molecule has 8 amide bonds. The van der Waals surface area contributed by atoms with Crippen LogP contribution in [0.3, 0.4) is 0 Å². The van der Waals surface area contributed by atoms with Crippen molar-refractivity contribution in [2.75, 3.05) is 138 Å². The summed E-state index contributed by atoms with van der Waals surface area (Å²) in [5, 5.41) is 63.5. The fourth-order valence-corrected chi connectivity index (χ4v) is 7.99. The second kappa shape index (κ2) is 50.0. The van der Waals surface area contributed by atoms with E-state index in [-0.39, 0.29) is 173 Å². The average molecular weight is 1240 g/mol. The third-order valence-corrected chi connectivity index (χ3v) is 12.5. The number of amides is 8. The van der Waals surface area contributed by atoms with Crippen LogP contribution in [0.15, 0.2) is 0 Å². The molecule has 0 rings (SSSR count). The van der Waals surface area contributed by atoms with E-state index in [1.54, 1.807) is 6.92 Å². The van der Waals surface area contributed by atoms with Crippen LogP contribution in [0.4, 0.5) is 0 Å². The van der Waals surface area contributed by atoms with Gasteiger partial charge in [-0.1, -0.05) is 19.8 Å². The highest BCUT2D eigenvalue weighted by Gasteiger charge is 2.29. The standard InChI is InChI=1S/C53H93N11O22/c1-38(51(55)79)10-4-7-19-60-52(80)39(11-5-8-18-56-43(67)16-15-40(53(81)82)64(24-22-62(32-47(71)72)33-48(73)74)25-23-63(34-49(75)76)35-50(77)78)61-44(68)14-9-13-42(66)58-20-26-83-28-31-86-37-46(70)59-21-27-84-29-30-85-36-45(69)57-17-6-2-3-12-41(54)65/h38-40H,2-37H2,1H3,(H2,54,65)(H2,55,79)(H,56,67)(H,57,69)(H,58,66)(H,59,70)(H,60,80)(H,61,68)(H,71,72)(H,73,74)(H,75,76)(H,77,78)(H,81,82)/t38-,39+,40+/m1/s1. The zero-order chi connectivity index (χ0) is 64.5. The predicted molar refractivity (Wildman–Crippen MR) is 303 cm³/mol. The Hall–Kier alpha value is -7.17. The van der Waals surface area contributed by atoms with E-state index in [1.165, 1.54) is 4.90 Å². The van der Waals surface area contributed by atoms with Crippen LogP contribution < -0.4 is 43.4 Å². The van der Waals surface area contributed by atoms with Crippen LogP contribution in [0.25, 0.3) is 0 Å². The van der Waals surface area contributed by atoms with E-state index < -0.39 is 91.7 Å². The molecule has 33 nitrogen and oxygen atoms in total. The van der Waals surface area contributed by atoms with Gasteiger partial charge in [0.05, 0.1) is 65.8 Å². The lowest BCUT2D eigenvalue weighted by Gasteiger charge is -2.32. The highest BCUT2D eigenvalue weighted by atomic mass is 16.5. The molecule has 0 unspecified atom stereocenters. The van der Waals surface area contributed by atoms with Crippen molar-refractivity contribution in [3.63, 3.8) is 0 Å². The number of hydrogen-bond donors (Lipinski definition) is 13. The summed E-state index contributed by atoms with van der Waals surface area (Å²) >= 11 is 0. The average Bonchev–Trinajstić information content (AvgIpc) is 3.43. The Balaban J connectivity index is 4.94. The minimum absolute atomic E-state index is 0.00538. The lowest BCUT2D eigenvalue weighted by atomic mass is 10.0. The van der Waals surface area contributed by atoms with Crippen molar-refractivity contribution in [3.05, 3.63) is 0 Å². The second-order valence-corrected chi connectivity index (χ2v) is 20.0. The molecule has 0 aliphatic carbocycles. The van der Waals surface area contributed by atoms with E-state index in [4.69, 9.17) is 30.4 Å². The monoisotopic (exact) mass is 1240 g/mol. The summed E-state index contributed by atoms with van der Waals surface area (Å²) in [6.45, 7) is -0.231. The van der Waals surface area contributed by atoms with E-state index >= 15 is 0 Å². The van der Waals surface area contributed by atoms with Gasteiger partial charge in [-0.15, -0.1) is 0 Å². The van der Waals surface area contributed by atoms with Crippen molar-refractivity contribution in [3.8, 4) is 0 Å². The number of carboxylic acids is 5. The molecule has 0 aliphatic heterocycles. The zero-order valence-electron chi connectivity index (χ0n) is 49.4. The summed E-state index contributed by atoms with van der Waals surface area (Å²) in [4.78, 5) is 159. The SMILES string of the molecule is C[C@H](CCCCNC(=O)[C@H](CCCCNC(=O)CC[C@@H](C(=O)O)N(CCN(CC(=O)O)CC(=O)O)CCN(CC(=O)O)CC(=O)O)NC(=O)CCCC(=O)NCCOCCOCC(=O)NCCOCCOCC(=O)NCCCCCC(N)=O)C(N)=O. The maximum absolute atomic E-state index is 13.3. The predicted octanol–water partition coefficient (Wildman–Crippen LogP) is -3.73. The van der Waals surface area contributed by atoms with Crippen LogP contribution in [0.1, 0.15) is 103 Å². The molecule has 0 aromatic heterocycles. The van der Waals surface area contributed by atoms with Crippen LogP contribution in [-0.2, 0) is 81.3 Å². The van der Waals surface area contributed by atoms with Gasteiger partial charge in [0.15, 0.2) is 0 Å². The number of hydrogen-bond acceptors (Lipinski definition) is 20. The third-order valence-electron chi connectivity index (χ3n) is 12.5. The van der Waals surface area contributed by atoms with E-state index in [0.29, 0.717) is 51.5 Å². The first-order valence-corrected chi connectivity index (χ1v) is 28.7. The molecule has 0 saturated heterocycles. The van der Waals surface area contributed by atoms with Gasteiger partial charge in [0.25, 0.3) is 0 Å². The maximum Gasteiger partial charge on any atom is 0.320 e. The van der Waals surface area contributed by atoms with Gasteiger partial charge >= 0.3 is 29.8 Å². The highest BCUT2D eigenvalue weighted by Crippen LogP contribution is 2.12. The van der Waals surface area contributed by atoms with Crippen LogP contribution in [0, 0.1) is 5.92 Å². The van der Waals surface area contributed by atoms with Gasteiger partial charge in [-0.2, -0.15) is 0 Å². The normalized spacial score (nSPS) is 12.2. The molecule has 3 atom stereocenters. The number of nitrogens with two attached hydrogens (primary N) is 2. The van der Waals surface area contributed by atoms with E-state index in [1.807, 2.05) is 0 Å². The molecule has 0 aromatic rings. The van der Waals surface area contributed by atoms with Crippen molar-refractivity contribution in [1.29, 1.82) is 0 Å². The Labute approximate surface area is 499 Å². The smallest absolute Gasteiger partial charge is 0.320 e. The molecule has 0 radical (unpaired) electrons. The van der Waals surface area contributed by atoms with Crippen LogP contribution in [0.2, 0.25) is 0 Å². The molecule has 0 heterocycles. The van der Waals surface area contributed by atoms with Crippen LogP contribution >= 0.6 is 0 Å². The van der Waals surface area contributed by atoms with Crippen LogP contribution in [0.5, 0.6) is 0 Å². The Morgan fingerprint density at radius 1 is 0.419 bits per heavy atom. The molecule has 0 bridgehead atoms. The largest absolute Gasteiger partial charge is 0.480 e. The summed E-state index contributed by atoms with van der Waals surface area (Å²) in [6.07, 6.45) is 4.35. The number of nitrogens with one attached hydrogen (secondary N) is 6. The molecule has 15 N–H and O–H groups in total. The zero-order valence-corrected chi connectivity index (χ0v) is 49.4. The Bertz CT molecular complexity index is 2020. The van der Waals surface area contributed by atoms with Crippen molar-refractivity contribution in [2.45, 2.75) is 115 Å². The van der Waals surface area contributed by atoms with Gasteiger partial charge in [-0.3, -0.25) is 77.0 Å². The minimum atomic E-state index is -1.43. The quantitative estimate of drug-likeness (QED) is 0.0260. The molecule has 86 heavy (non-hydrogen) atoms. The number of ether oxygens (including phenoxy) is 4. The molecule has 0 saturated carbocycles. The number of nitrogens with zero attached hydrogens (tertiary/aromatic N) is 3. The number of aliphatic carboxylic acids is 5. The first-order valence-electron chi connectivity index (χ1n) is 28.7. The number of unbranched alkanes of at least 4 members (excludes halogenated alkanes) is 4. The summed E-state index contributed by atoms with van der Waals surface area (Å²) in [5.41, 5.74) is 10.4. The lowest BCUT2D eigenvalue weighted by Crippen LogP contribution is -2.50. The van der Waals surface area contributed by atoms with E-state index in [0.717, 1.165) is 22.6 Å². The van der Waals surface area contributed by atoms with Crippen molar-refractivity contribution in [2.24, 2.45) is 17.4 Å². The van der Waals surface area contributed by atoms with Gasteiger partial charge in [0, 0.05) is 90.5 Å². The van der Waals surface area contributed by atoms with E-state index in [2.05, 4.69) is 31.9 Å². The maximum atomic E-state index is 13.3. The van der Waals surface area contributed by atoms with Crippen LogP contribution in [-0.4, -0.2) is 267 Å². The van der Waals surface area contributed by atoms with Gasteiger partial charge in [-0.25, -0.2) is 0 Å². The summed E-state index contributed by atoms with van der Waals surface area (Å²) in [6, 6.07) is -2.42. The van der Waals surface area contributed by atoms with Gasteiger partial charge in [-0.05, 0) is 57.8 Å². The Kier molecular flexibility index (Phi) is 45.9. The fraction of sp³-hybridized carbons (Fsp3) is 0.755. The molecule has 0 fully saturated rings. The number of carboxylic acid groups (broad SMARTS) is 5. The van der Waals surface area contributed by atoms with Gasteiger partial charge in [0.1, 0.15) is 25.3 Å². The van der Waals surface area contributed by atoms with Crippen molar-refractivity contribution < 1.29 is 107 Å². The van der Waals surface area contributed by atoms with E-state index in [9.17, 15) is 87.9 Å². The number of carbonyl (C=O) groups excluding carboxylic acids is 8. The minimum Gasteiger partial charge on any atom is -0.480 e. The summed E-state index contributed by atoms with van der Waals surface area (Å²) < 4.78 is 21.4. The van der Waals surface area contributed by atoms with Crippen molar-refractivity contribution >= 4 is 77.1 Å². The van der Waals surface area contributed by atoms with Gasteiger partial charge < -0.3 is 87.8 Å². The van der Waals surface area contributed by atoms with Crippen molar-refractivity contribution in [1.82, 2.24) is 46.6 Å². The first-order chi connectivity index (χ1) is 40.9. The summed E-state index contributed by atoms with van der Waals surface area (Å²) in [5.74, 6) is -10.5. The third kappa shape index (κ3) is 47.1. The number of rotatable bonds is 58. The molecule has 492 valence electrons. The molecule has 0 aliphatic rings.